The lowest BCUT2D eigenvalue weighted by Crippen LogP contribution is -2.36. The maximum atomic E-state index is 13.3. The Hall–Kier alpha value is -2.95. The molecule has 2 N–H and O–H groups in total. The van der Waals surface area contributed by atoms with Crippen LogP contribution in [-0.4, -0.2) is 19.5 Å². The summed E-state index contributed by atoms with van der Waals surface area (Å²) < 4.78 is 11.4. The first kappa shape index (κ1) is 20.3. The average Bonchev–Trinajstić information content (AvgIpc) is 2.87. The summed E-state index contributed by atoms with van der Waals surface area (Å²) in [5.74, 6) is 1.35. The van der Waals surface area contributed by atoms with E-state index < -0.39 is 0 Å². The molecule has 5 nitrogen and oxygen atoms in total. The summed E-state index contributed by atoms with van der Waals surface area (Å²) in [6, 6.07) is 13.8. The van der Waals surface area contributed by atoms with Gasteiger partial charge in [-0.15, -0.1) is 0 Å². The maximum Gasteiger partial charge on any atom is 0.161 e. The summed E-state index contributed by atoms with van der Waals surface area (Å²) >= 11 is 0. The van der Waals surface area contributed by atoms with E-state index in [1.54, 1.807) is 7.11 Å². The zero-order chi connectivity index (χ0) is 21.3. The van der Waals surface area contributed by atoms with Crippen LogP contribution >= 0.6 is 0 Å². The van der Waals surface area contributed by atoms with E-state index in [4.69, 9.17) is 9.47 Å². The molecule has 0 radical (unpaired) electrons. The molecule has 1 heterocycles. The third-order valence-corrected chi connectivity index (χ3v) is 5.72. The zero-order valence-electron chi connectivity index (χ0n) is 18.1. The molecule has 1 aliphatic carbocycles. The number of hydrogen-bond acceptors (Lipinski definition) is 5. The van der Waals surface area contributed by atoms with Gasteiger partial charge in [-0.2, -0.15) is 0 Å². The molecule has 5 heteroatoms. The van der Waals surface area contributed by atoms with Crippen LogP contribution in [0.4, 0.5) is 11.4 Å². The quantitative estimate of drug-likeness (QED) is 0.681. The van der Waals surface area contributed by atoms with Crippen LogP contribution in [0.1, 0.15) is 45.2 Å². The van der Waals surface area contributed by atoms with Gasteiger partial charge in [0.1, 0.15) is 5.78 Å². The summed E-state index contributed by atoms with van der Waals surface area (Å²) in [5.41, 5.74) is 3.75. The van der Waals surface area contributed by atoms with Gasteiger partial charge >= 0.3 is 0 Å². The van der Waals surface area contributed by atoms with Crippen LogP contribution in [0.2, 0.25) is 0 Å². The number of ketones is 1. The monoisotopic (exact) mass is 406 g/mol. The summed E-state index contributed by atoms with van der Waals surface area (Å²) in [6.45, 7) is 6.93. The van der Waals surface area contributed by atoms with Crippen LogP contribution in [-0.2, 0) is 4.79 Å². The van der Waals surface area contributed by atoms with Crippen molar-refractivity contribution in [1.29, 1.82) is 0 Å². The first-order valence-corrected chi connectivity index (χ1v) is 10.6. The van der Waals surface area contributed by atoms with Crippen LogP contribution < -0.4 is 20.1 Å². The lowest BCUT2D eigenvalue weighted by atomic mass is 9.72. The summed E-state index contributed by atoms with van der Waals surface area (Å²) in [7, 11) is 1.65. The zero-order valence-corrected chi connectivity index (χ0v) is 18.1. The van der Waals surface area contributed by atoms with Gasteiger partial charge in [-0.25, -0.2) is 0 Å². The van der Waals surface area contributed by atoms with E-state index in [9.17, 15) is 4.79 Å². The second-order valence-corrected chi connectivity index (χ2v) is 8.76. The van der Waals surface area contributed by atoms with Gasteiger partial charge in [0.2, 0.25) is 0 Å². The van der Waals surface area contributed by atoms with Gasteiger partial charge in [0, 0.05) is 12.1 Å². The number of Topliss-reactive ketones (excluding diaryl/α,β-unsaturated/α-hetero) is 1. The van der Waals surface area contributed by atoms with Crippen molar-refractivity contribution in [1.82, 2.24) is 0 Å². The van der Waals surface area contributed by atoms with Gasteiger partial charge in [-0.05, 0) is 41.7 Å². The first-order valence-electron chi connectivity index (χ1n) is 10.6. The second kappa shape index (κ2) is 8.05. The Morgan fingerprint density at radius 1 is 1.10 bits per heavy atom. The molecule has 1 aliphatic heterocycles. The molecule has 30 heavy (non-hydrogen) atoms. The number of anilines is 2. The Bertz CT molecular complexity index is 980. The standard InChI is InChI=1S/C25H30N2O3/c1-5-12-30-21-11-10-16(13-22(21)29-4)24-23-19(14-25(2,3)15-20(23)28)26-17-8-6-7-9-18(17)27-24/h6-11,13-14,23-24,26-27H,5,12,15H2,1-4H3/t23-,24-/m0/s1. The number of allylic oxidation sites excluding steroid dienone is 1. The molecule has 0 saturated carbocycles. The molecule has 0 unspecified atom stereocenters. The summed E-state index contributed by atoms with van der Waals surface area (Å²) in [6.07, 6.45) is 3.66. The van der Waals surface area contributed by atoms with Gasteiger partial charge in [0.15, 0.2) is 11.5 Å². The maximum absolute atomic E-state index is 13.3. The first-order chi connectivity index (χ1) is 14.4. The topological polar surface area (TPSA) is 59.6 Å². The lowest BCUT2D eigenvalue weighted by molar-refractivity contribution is -0.124. The Kier molecular flexibility index (Phi) is 5.46. The number of para-hydroxylation sites is 2. The number of carbonyl (C=O) groups is 1. The van der Waals surface area contributed by atoms with Crippen molar-refractivity contribution >= 4 is 17.2 Å². The van der Waals surface area contributed by atoms with E-state index in [1.165, 1.54) is 0 Å². The Morgan fingerprint density at radius 2 is 1.87 bits per heavy atom. The lowest BCUT2D eigenvalue weighted by Gasteiger charge is -2.35. The molecule has 0 aromatic heterocycles. The number of benzene rings is 2. The number of fused-ring (bicyclic) bond motifs is 2. The molecule has 2 aromatic rings. The fourth-order valence-electron chi connectivity index (χ4n) is 4.38. The molecule has 4 rings (SSSR count). The number of carbonyl (C=O) groups excluding carboxylic acids is 1. The van der Waals surface area contributed by atoms with Crippen molar-refractivity contribution in [3.05, 3.63) is 59.8 Å². The van der Waals surface area contributed by atoms with E-state index >= 15 is 0 Å². The minimum Gasteiger partial charge on any atom is -0.493 e. The van der Waals surface area contributed by atoms with E-state index in [2.05, 4.69) is 37.5 Å². The van der Waals surface area contributed by atoms with Crippen LogP contribution in [0.15, 0.2) is 54.2 Å². The van der Waals surface area contributed by atoms with Crippen LogP contribution in [0, 0.1) is 11.3 Å². The fourth-order valence-corrected chi connectivity index (χ4v) is 4.38. The van der Waals surface area contributed by atoms with Crippen molar-refractivity contribution in [2.24, 2.45) is 11.3 Å². The molecule has 2 atom stereocenters. The van der Waals surface area contributed by atoms with E-state index in [0.717, 1.165) is 34.8 Å². The second-order valence-electron chi connectivity index (χ2n) is 8.76. The molecule has 158 valence electrons. The molecular formula is C25H30N2O3. The third kappa shape index (κ3) is 3.89. The Balaban J connectivity index is 1.80. The molecule has 0 fully saturated rings. The van der Waals surface area contributed by atoms with Crippen LogP contribution in [0.3, 0.4) is 0 Å². The van der Waals surface area contributed by atoms with Gasteiger partial charge in [-0.1, -0.05) is 45.0 Å². The molecule has 2 aliphatic rings. The van der Waals surface area contributed by atoms with E-state index in [-0.39, 0.29) is 23.2 Å². The number of hydrogen-bond donors (Lipinski definition) is 2. The van der Waals surface area contributed by atoms with Crippen molar-refractivity contribution < 1.29 is 14.3 Å². The highest BCUT2D eigenvalue weighted by molar-refractivity contribution is 5.90. The summed E-state index contributed by atoms with van der Waals surface area (Å²) in [4.78, 5) is 13.3. The number of ether oxygens (including phenoxy) is 2. The number of rotatable bonds is 5. The minimum atomic E-state index is -0.294. The highest BCUT2D eigenvalue weighted by Gasteiger charge is 2.41. The molecule has 0 bridgehead atoms. The van der Waals surface area contributed by atoms with Gasteiger partial charge < -0.3 is 20.1 Å². The Labute approximate surface area is 178 Å². The van der Waals surface area contributed by atoms with Crippen molar-refractivity contribution in [3.8, 4) is 11.5 Å². The van der Waals surface area contributed by atoms with E-state index in [1.807, 2.05) is 42.5 Å². The van der Waals surface area contributed by atoms with E-state index in [0.29, 0.717) is 18.8 Å². The largest absolute Gasteiger partial charge is 0.493 e. The highest BCUT2D eigenvalue weighted by atomic mass is 16.5. The third-order valence-electron chi connectivity index (χ3n) is 5.72. The molecule has 0 amide bonds. The number of methoxy groups -OCH3 is 1. The number of nitrogens with one attached hydrogen (secondary N) is 2. The Morgan fingerprint density at radius 3 is 2.60 bits per heavy atom. The highest BCUT2D eigenvalue weighted by Crippen LogP contribution is 2.46. The predicted octanol–water partition coefficient (Wildman–Crippen LogP) is 5.56. The minimum absolute atomic E-state index is 0.171. The molecular weight excluding hydrogens is 376 g/mol. The normalized spacial score (nSPS) is 21.9. The smallest absolute Gasteiger partial charge is 0.161 e. The van der Waals surface area contributed by atoms with Crippen LogP contribution in [0.25, 0.3) is 0 Å². The summed E-state index contributed by atoms with van der Waals surface area (Å²) in [5, 5.41) is 7.16. The van der Waals surface area contributed by atoms with Crippen LogP contribution in [0.5, 0.6) is 11.5 Å². The van der Waals surface area contributed by atoms with Gasteiger partial charge in [-0.3, -0.25) is 4.79 Å². The van der Waals surface area contributed by atoms with Gasteiger partial charge in [0.05, 0.1) is 37.1 Å². The fraction of sp³-hybridized carbons (Fsp3) is 0.400. The predicted molar refractivity (Wildman–Crippen MR) is 120 cm³/mol. The van der Waals surface area contributed by atoms with Crippen molar-refractivity contribution in [2.75, 3.05) is 24.4 Å². The SMILES string of the molecule is CCCOc1ccc([C@@H]2Nc3ccccc3NC3=CC(C)(C)CC(=O)[C@H]32)cc1OC. The van der Waals surface area contributed by atoms with Crippen molar-refractivity contribution in [3.63, 3.8) is 0 Å². The van der Waals surface area contributed by atoms with Gasteiger partial charge in [0.25, 0.3) is 0 Å². The molecule has 0 saturated heterocycles. The average molecular weight is 407 g/mol. The molecule has 0 spiro atoms. The van der Waals surface area contributed by atoms with Crippen molar-refractivity contribution in [2.45, 2.75) is 39.7 Å². The molecule has 2 aromatic carbocycles.